The zero-order chi connectivity index (χ0) is 20.7. The third-order valence-electron chi connectivity index (χ3n) is 3.85. The fourth-order valence-corrected chi connectivity index (χ4v) is 2.41. The van der Waals surface area contributed by atoms with Gasteiger partial charge in [0.1, 0.15) is 12.3 Å². The van der Waals surface area contributed by atoms with Crippen molar-refractivity contribution in [2.24, 2.45) is 5.92 Å². The summed E-state index contributed by atoms with van der Waals surface area (Å²) in [5, 5.41) is 0.192. The number of esters is 2. The Morgan fingerprint density at radius 2 is 1.93 bits per heavy atom. The maximum atomic E-state index is 12.4. The van der Waals surface area contributed by atoms with Gasteiger partial charge in [-0.2, -0.15) is 0 Å². The number of ether oxygens (including phenoxy) is 3. The molecule has 8 nitrogen and oxygen atoms in total. The van der Waals surface area contributed by atoms with Gasteiger partial charge in [-0.05, 0) is 32.0 Å². The van der Waals surface area contributed by atoms with Crippen LogP contribution in [0.15, 0.2) is 46.0 Å². The van der Waals surface area contributed by atoms with E-state index in [1.807, 2.05) is 0 Å². The number of rotatable bonds is 7. The molecule has 0 bridgehead atoms. The zero-order valence-electron chi connectivity index (χ0n) is 15.8. The summed E-state index contributed by atoms with van der Waals surface area (Å²) >= 11 is 0. The Morgan fingerprint density at radius 3 is 2.61 bits per heavy atom. The van der Waals surface area contributed by atoms with E-state index in [1.165, 1.54) is 25.3 Å². The minimum atomic E-state index is -0.656. The van der Waals surface area contributed by atoms with E-state index in [-0.39, 0.29) is 36.0 Å². The summed E-state index contributed by atoms with van der Waals surface area (Å²) in [5.41, 5.74) is -0.583. The summed E-state index contributed by atoms with van der Waals surface area (Å²) in [5.74, 6) is -1.52. The third kappa shape index (κ3) is 5.06. The minimum Gasteiger partial charge on any atom is -0.485 e. The fourth-order valence-electron chi connectivity index (χ4n) is 2.41. The van der Waals surface area contributed by atoms with E-state index in [9.17, 15) is 19.2 Å². The molecule has 0 saturated heterocycles. The van der Waals surface area contributed by atoms with Crippen molar-refractivity contribution in [2.75, 3.05) is 20.3 Å². The van der Waals surface area contributed by atoms with Gasteiger partial charge in [0.25, 0.3) is 0 Å². The highest BCUT2D eigenvalue weighted by molar-refractivity contribution is 5.91. The Kier molecular flexibility index (Phi) is 7.08. The molecule has 148 valence electrons. The Labute approximate surface area is 160 Å². The van der Waals surface area contributed by atoms with Crippen molar-refractivity contribution in [3.8, 4) is 5.75 Å². The molecule has 2 aromatic rings. The lowest BCUT2D eigenvalue weighted by atomic mass is 10.2. The van der Waals surface area contributed by atoms with E-state index in [4.69, 9.17) is 9.47 Å². The van der Waals surface area contributed by atoms with Crippen LogP contribution in [0.5, 0.6) is 5.75 Å². The number of hydrogen-bond donors (Lipinski definition) is 1. The third-order valence-corrected chi connectivity index (χ3v) is 3.85. The van der Waals surface area contributed by atoms with E-state index in [0.29, 0.717) is 5.52 Å². The predicted molar refractivity (Wildman–Crippen MR) is 103 cm³/mol. The molecule has 1 N–H and O–H groups in total. The first kappa shape index (κ1) is 20.9. The second kappa shape index (κ2) is 9.50. The van der Waals surface area contributed by atoms with Gasteiger partial charge in [-0.25, -0.2) is 4.79 Å². The lowest BCUT2D eigenvalue weighted by Gasteiger charge is -2.04. The molecule has 0 saturated carbocycles. The summed E-state index contributed by atoms with van der Waals surface area (Å²) in [6.07, 6.45) is 3.18. The monoisotopic (exact) mass is 387 g/mol. The van der Waals surface area contributed by atoms with E-state index < -0.39 is 22.7 Å². The first-order valence-electron chi connectivity index (χ1n) is 8.63. The molecule has 0 fully saturated rings. The van der Waals surface area contributed by atoms with Crippen LogP contribution < -0.4 is 15.6 Å². The molecule has 1 heterocycles. The zero-order valence-corrected chi connectivity index (χ0v) is 15.8. The number of aromatic amines is 1. The minimum absolute atomic E-state index is 0.000184. The SMILES string of the molecule is CCOC(=O)c1cc(=O)c2cc(OC/C=C/C(C)C(=O)OC)c(=O)ccc2[nH]1. The van der Waals surface area contributed by atoms with Gasteiger partial charge in [0, 0.05) is 11.5 Å². The van der Waals surface area contributed by atoms with Crippen LogP contribution in [0.1, 0.15) is 24.3 Å². The number of H-pyrrole nitrogens is 1. The average Bonchev–Trinajstić information content (AvgIpc) is 2.84. The second-order valence-electron chi connectivity index (χ2n) is 5.85. The summed E-state index contributed by atoms with van der Waals surface area (Å²) < 4.78 is 14.9. The Bertz CT molecular complexity index is 1020. The molecule has 0 aliphatic carbocycles. The standard InChI is InChI=1S/C20H21NO7/c1-4-27-20(25)15-11-17(23)13-10-18(16(22)8-7-14(13)21-15)28-9-5-6-12(2)19(24)26-3/h5-8,10-12H,4,9H2,1-3H3,(H,21,23)/b6-5+. The summed E-state index contributed by atoms with van der Waals surface area (Å²) in [7, 11) is 1.30. The van der Waals surface area contributed by atoms with Crippen LogP contribution in [0.25, 0.3) is 10.9 Å². The molecule has 1 aromatic heterocycles. The number of fused-ring (bicyclic) bond motifs is 1. The number of pyridine rings is 1. The van der Waals surface area contributed by atoms with E-state index in [0.717, 1.165) is 6.07 Å². The van der Waals surface area contributed by atoms with Crippen LogP contribution in [-0.4, -0.2) is 37.2 Å². The Morgan fingerprint density at radius 1 is 1.18 bits per heavy atom. The normalized spacial score (nSPS) is 12.0. The molecule has 1 atom stereocenters. The molecule has 0 spiro atoms. The van der Waals surface area contributed by atoms with Gasteiger partial charge in [0.05, 0.1) is 25.2 Å². The topological polar surface area (TPSA) is 112 Å². The smallest absolute Gasteiger partial charge is 0.354 e. The molecular weight excluding hydrogens is 366 g/mol. The number of hydrogen-bond acceptors (Lipinski definition) is 7. The van der Waals surface area contributed by atoms with Crippen LogP contribution in [-0.2, 0) is 14.3 Å². The van der Waals surface area contributed by atoms with Gasteiger partial charge in [0.2, 0.25) is 5.43 Å². The van der Waals surface area contributed by atoms with Gasteiger partial charge in [-0.15, -0.1) is 0 Å². The maximum Gasteiger partial charge on any atom is 0.354 e. The molecule has 0 amide bonds. The van der Waals surface area contributed by atoms with Gasteiger partial charge >= 0.3 is 11.9 Å². The molecule has 2 rings (SSSR count). The summed E-state index contributed by atoms with van der Waals surface area (Å²) in [6.45, 7) is 3.52. The average molecular weight is 387 g/mol. The van der Waals surface area contributed by atoms with Crippen LogP contribution in [0.2, 0.25) is 0 Å². The highest BCUT2D eigenvalue weighted by Crippen LogP contribution is 2.12. The van der Waals surface area contributed by atoms with Crippen LogP contribution >= 0.6 is 0 Å². The number of carbonyl (C=O) groups is 2. The molecule has 1 aromatic carbocycles. The first-order chi connectivity index (χ1) is 13.4. The molecular formula is C20H21NO7. The van der Waals surface area contributed by atoms with Crippen molar-refractivity contribution in [1.29, 1.82) is 0 Å². The van der Waals surface area contributed by atoms with E-state index in [2.05, 4.69) is 9.72 Å². The highest BCUT2D eigenvalue weighted by atomic mass is 16.5. The predicted octanol–water partition coefficient (Wildman–Crippen LogP) is 1.81. The summed E-state index contributed by atoms with van der Waals surface area (Å²) in [6, 6.07) is 5.09. The highest BCUT2D eigenvalue weighted by Gasteiger charge is 2.12. The number of methoxy groups -OCH3 is 1. The Balaban J connectivity index is 2.31. The van der Waals surface area contributed by atoms with Gasteiger partial charge in [-0.3, -0.25) is 14.4 Å². The number of nitrogens with one attached hydrogen (secondary N) is 1. The van der Waals surface area contributed by atoms with Crippen molar-refractivity contribution < 1.29 is 23.8 Å². The summed E-state index contributed by atoms with van der Waals surface area (Å²) in [4.78, 5) is 50.6. The van der Waals surface area contributed by atoms with Gasteiger partial charge < -0.3 is 19.2 Å². The number of carbonyl (C=O) groups excluding carboxylic acids is 2. The molecule has 0 aliphatic rings. The lowest BCUT2D eigenvalue weighted by molar-refractivity contribution is -0.143. The number of aromatic nitrogens is 1. The van der Waals surface area contributed by atoms with Crippen LogP contribution in [0.3, 0.4) is 0 Å². The van der Waals surface area contributed by atoms with E-state index >= 15 is 0 Å². The molecule has 28 heavy (non-hydrogen) atoms. The van der Waals surface area contributed by atoms with Crippen molar-refractivity contribution in [3.05, 3.63) is 62.6 Å². The van der Waals surface area contributed by atoms with Gasteiger partial charge in [-0.1, -0.05) is 12.2 Å². The van der Waals surface area contributed by atoms with Crippen molar-refractivity contribution in [1.82, 2.24) is 4.98 Å². The van der Waals surface area contributed by atoms with Crippen molar-refractivity contribution >= 4 is 22.8 Å². The van der Waals surface area contributed by atoms with Crippen LogP contribution in [0.4, 0.5) is 0 Å². The Hall–Kier alpha value is -3.42. The molecule has 1 unspecified atom stereocenters. The quantitative estimate of drug-likeness (QED) is 0.569. The lowest BCUT2D eigenvalue weighted by Crippen LogP contribution is -2.12. The maximum absolute atomic E-state index is 12.4. The fraction of sp³-hybridized carbons (Fsp3) is 0.300. The van der Waals surface area contributed by atoms with E-state index in [1.54, 1.807) is 26.0 Å². The molecule has 0 aliphatic heterocycles. The second-order valence-corrected chi connectivity index (χ2v) is 5.85. The van der Waals surface area contributed by atoms with Crippen LogP contribution in [0, 0.1) is 5.92 Å². The molecule has 8 heteroatoms. The van der Waals surface area contributed by atoms with Crippen molar-refractivity contribution in [2.45, 2.75) is 13.8 Å². The largest absolute Gasteiger partial charge is 0.485 e. The van der Waals surface area contributed by atoms with Crippen molar-refractivity contribution in [3.63, 3.8) is 0 Å². The van der Waals surface area contributed by atoms with Gasteiger partial charge in [0.15, 0.2) is 11.2 Å². The first-order valence-corrected chi connectivity index (χ1v) is 8.63. The molecule has 0 radical (unpaired) electrons.